The number of amides is 1. The number of nitro groups is 1. The normalized spacial score (nSPS) is 12.7. The number of nitro benzene ring substituents is 1. The molecule has 0 radical (unpaired) electrons. The molecule has 0 aliphatic heterocycles. The molecule has 2 atom stereocenters. The number of hydrogen-bond acceptors (Lipinski definition) is 8. The van der Waals surface area contributed by atoms with Crippen molar-refractivity contribution in [3.63, 3.8) is 0 Å². The lowest BCUT2D eigenvalue weighted by Gasteiger charge is -2.24. The van der Waals surface area contributed by atoms with Gasteiger partial charge in [-0.1, -0.05) is 24.3 Å². The summed E-state index contributed by atoms with van der Waals surface area (Å²) in [6.07, 6.45) is -1.21. The Balaban J connectivity index is 2.31. The Labute approximate surface area is 197 Å². The molecule has 0 saturated heterocycles. The van der Waals surface area contributed by atoms with E-state index in [1.165, 1.54) is 32.2 Å². The van der Waals surface area contributed by atoms with Gasteiger partial charge in [0.25, 0.3) is 5.69 Å². The second-order valence-corrected chi connectivity index (χ2v) is 8.47. The van der Waals surface area contributed by atoms with Crippen molar-refractivity contribution in [2.45, 2.75) is 51.9 Å². The summed E-state index contributed by atoms with van der Waals surface area (Å²) in [4.78, 5) is 47.1. The molecule has 10 heteroatoms. The molecule has 1 N–H and O–H groups in total. The summed E-state index contributed by atoms with van der Waals surface area (Å²) in [7, 11) is 1.23. The maximum absolute atomic E-state index is 12.9. The number of ether oxygens (including phenoxy) is 3. The largest absolute Gasteiger partial charge is 0.474 e. The number of nitrogens with zero attached hydrogens (tertiary/aromatic N) is 1. The van der Waals surface area contributed by atoms with Crippen molar-refractivity contribution in [3.05, 3.63) is 69.8 Å². The summed E-state index contributed by atoms with van der Waals surface area (Å²) in [6, 6.07) is 11.3. The Morgan fingerprint density at radius 2 is 1.65 bits per heavy atom. The Bertz CT molecular complexity index is 1040. The van der Waals surface area contributed by atoms with Gasteiger partial charge in [-0.15, -0.1) is 0 Å². The van der Waals surface area contributed by atoms with Crippen LogP contribution in [0.3, 0.4) is 0 Å². The SMILES string of the molecule is COC(=O)[C@H](Cc1ccc(OC(C(=O)OC(C)(C)C)c2ccccc2[N+](=O)[O-])cc1)NC(C)=O. The maximum Gasteiger partial charge on any atom is 0.352 e. The van der Waals surface area contributed by atoms with Crippen molar-refractivity contribution < 1.29 is 33.5 Å². The van der Waals surface area contributed by atoms with Gasteiger partial charge < -0.3 is 19.5 Å². The Kier molecular flexibility index (Phi) is 8.71. The fourth-order valence-electron chi connectivity index (χ4n) is 3.13. The summed E-state index contributed by atoms with van der Waals surface area (Å²) >= 11 is 0. The lowest BCUT2D eigenvalue weighted by molar-refractivity contribution is -0.386. The van der Waals surface area contributed by atoms with Gasteiger partial charge in [0.2, 0.25) is 12.0 Å². The van der Waals surface area contributed by atoms with E-state index < -0.39 is 34.6 Å². The van der Waals surface area contributed by atoms with Gasteiger partial charge in [0.05, 0.1) is 17.6 Å². The third-order valence-corrected chi connectivity index (χ3v) is 4.52. The third kappa shape index (κ3) is 7.58. The van der Waals surface area contributed by atoms with Crippen LogP contribution in [-0.4, -0.2) is 41.5 Å². The van der Waals surface area contributed by atoms with Crippen molar-refractivity contribution in [2.24, 2.45) is 0 Å². The van der Waals surface area contributed by atoms with Crippen LogP contribution in [0.2, 0.25) is 0 Å². The number of benzene rings is 2. The molecule has 34 heavy (non-hydrogen) atoms. The van der Waals surface area contributed by atoms with Crippen LogP contribution >= 0.6 is 0 Å². The molecular weight excluding hydrogens is 444 g/mol. The lowest BCUT2D eigenvalue weighted by atomic mass is 10.0. The highest BCUT2D eigenvalue weighted by molar-refractivity contribution is 5.83. The van der Waals surface area contributed by atoms with Gasteiger partial charge in [-0.2, -0.15) is 0 Å². The van der Waals surface area contributed by atoms with Crippen LogP contribution in [0, 0.1) is 10.1 Å². The Morgan fingerprint density at radius 3 is 2.18 bits per heavy atom. The second kappa shape index (κ2) is 11.3. The zero-order valence-corrected chi connectivity index (χ0v) is 19.7. The van der Waals surface area contributed by atoms with Crippen molar-refractivity contribution >= 4 is 23.5 Å². The van der Waals surface area contributed by atoms with E-state index in [1.807, 2.05) is 0 Å². The zero-order chi connectivity index (χ0) is 25.5. The molecule has 10 nitrogen and oxygen atoms in total. The average molecular weight is 472 g/mol. The number of carbonyl (C=O) groups excluding carboxylic acids is 3. The van der Waals surface area contributed by atoms with E-state index >= 15 is 0 Å². The second-order valence-electron chi connectivity index (χ2n) is 8.47. The van der Waals surface area contributed by atoms with Crippen LogP contribution in [0.5, 0.6) is 5.75 Å². The van der Waals surface area contributed by atoms with Crippen LogP contribution in [0.25, 0.3) is 0 Å². The zero-order valence-electron chi connectivity index (χ0n) is 19.7. The first-order valence-corrected chi connectivity index (χ1v) is 10.5. The van der Waals surface area contributed by atoms with E-state index in [0.29, 0.717) is 5.56 Å². The average Bonchev–Trinajstić information content (AvgIpc) is 2.76. The van der Waals surface area contributed by atoms with Gasteiger partial charge in [0.15, 0.2) is 0 Å². The molecule has 1 amide bonds. The molecule has 0 bridgehead atoms. The number of para-hydroxylation sites is 1. The topological polar surface area (TPSA) is 134 Å². The molecule has 2 rings (SSSR count). The molecular formula is C24H28N2O8. The van der Waals surface area contributed by atoms with Gasteiger partial charge >= 0.3 is 11.9 Å². The lowest BCUT2D eigenvalue weighted by Crippen LogP contribution is -2.41. The highest BCUT2D eigenvalue weighted by atomic mass is 16.6. The predicted octanol–water partition coefficient (Wildman–Crippen LogP) is 3.28. The van der Waals surface area contributed by atoms with Crippen molar-refractivity contribution in [1.29, 1.82) is 0 Å². The van der Waals surface area contributed by atoms with E-state index in [1.54, 1.807) is 51.1 Å². The number of hydrogen-bond donors (Lipinski definition) is 1. The summed E-state index contributed by atoms with van der Waals surface area (Å²) < 4.78 is 16.0. The molecule has 0 saturated carbocycles. The van der Waals surface area contributed by atoms with Crippen molar-refractivity contribution in [2.75, 3.05) is 7.11 Å². The first-order valence-electron chi connectivity index (χ1n) is 10.5. The van der Waals surface area contributed by atoms with Crippen molar-refractivity contribution in [1.82, 2.24) is 5.32 Å². The molecule has 0 spiro atoms. The number of rotatable bonds is 9. The predicted molar refractivity (Wildman–Crippen MR) is 122 cm³/mol. The minimum absolute atomic E-state index is 0.0576. The molecule has 182 valence electrons. The van der Waals surface area contributed by atoms with E-state index in [-0.39, 0.29) is 29.3 Å². The monoisotopic (exact) mass is 472 g/mol. The van der Waals surface area contributed by atoms with Gasteiger partial charge in [0.1, 0.15) is 17.4 Å². The summed E-state index contributed by atoms with van der Waals surface area (Å²) in [5, 5.41) is 14.1. The fraction of sp³-hybridized carbons (Fsp3) is 0.375. The quantitative estimate of drug-likeness (QED) is 0.334. The number of carbonyl (C=O) groups is 3. The van der Waals surface area contributed by atoms with Crippen LogP contribution < -0.4 is 10.1 Å². The maximum atomic E-state index is 12.9. The van der Waals surface area contributed by atoms with E-state index in [2.05, 4.69) is 5.32 Å². The highest BCUT2D eigenvalue weighted by Crippen LogP contribution is 2.31. The van der Waals surface area contributed by atoms with E-state index in [4.69, 9.17) is 14.2 Å². The Hall–Kier alpha value is -3.95. The van der Waals surface area contributed by atoms with Gasteiger partial charge in [-0.25, -0.2) is 9.59 Å². The third-order valence-electron chi connectivity index (χ3n) is 4.52. The molecule has 0 aromatic heterocycles. The fourth-order valence-corrected chi connectivity index (χ4v) is 3.13. The van der Waals surface area contributed by atoms with Crippen LogP contribution in [0.4, 0.5) is 5.69 Å². The molecule has 2 aromatic rings. The number of esters is 2. The standard InChI is InChI=1S/C24H28N2O8/c1-15(27)25-19(22(28)32-5)14-16-10-12-17(13-11-16)33-21(23(29)34-24(2,3)4)18-8-6-7-9-20(18)26(30)31/h6-13,19,21H,14H2,1-5H3,(H,25,27)/t19-,21?/m0/s1. The van der Waals surface area contributed by atoms with E-state index in [9.17, 15) is 24.5 Å². The van der Waals surface area contributed by atoms with Crippen LogP contribution in [-0.2, 0) is 30.3 Å². The summed E-state index contributed by atoms with van der Waals surface area (Å²) in [5.74, 6) is -1.48. The first kappa shape index (κ1) is 26.3. The molecule has 0 aliphatic carbocycles. The minimum Gasteiger partial charge on any atom is -0.474 e. The molecule has 0 aliphatic rings. The minimum atomic E-state index is -1.38. The first-order chi connectivity index (χ1) is 15.9. The number of nitrogens with one attached hydrogen (secondary N) is 1. The molecule has 0 fully saturated rings. The van der Waals surface area contributed by atoms with Gasteiger partial charge in [-0.3, -0.25) is 14.9 Å². The van der Waals surface area contributed by atoms with Crippen LogP contribution in [0.1, 0.15) is 44.9 Å². The van der Waals surface area contributed by atoms with Crippen molar-refractivity contribution in [3.8, 4) is 5.75 Å². The van der Waals surface area contributed by atoms with E-state index in [0.717, 1.165) is 0 Å². The molecule has 1 unspecified atom stereocenters. The van der Waals surface area contributed by atoms with Crippen LogP contribution in [0.15, 0.2) is 48.5 Å². The van der Waals surface area contributed by atoms with Gasteiger partial charge in [0, 0.05) is 19.4 Å². The van der Waals surface area contributed by atoms with Gasteiger partial charge in [-0.05, 0) is 44.5 Å². The summed E-state index contributed by atoms with van der Waals surface area (Å²) in [5.41, 5.74) is -0.358. The molecule has 2 aromatic carbocycles. The molecule has 0 heterocycles. The number of methoxy groups -OCH3 is 1. The summed E-state index contributed by atoms with van der Waals surface area (Å²) in [6.45, 7) is 6.35. The Morgan fingerprint density at radius 1 is 1.03 bits per heavy atom. The smallest absolute Gasteiger partial charge is 0.352 e. The highest BCUT2D eigenvalue weighted by Gasteiger charge is 2.33.